The lowest BCUT2D eigenvalue weighted by Crippen LogP contribution is -2.49. The molecule has 0 aromatic heterocycles. The number of rotatable bonds is 3. The average molecular weight is 260 g/mol. The van der Waals surface area contributed by atoms with Crippen molar-refractivity contribution in [3.8, 4) is 0 Å². The zero-order chi connectivity index (χ0) is 13.5. The SMILES string of the molecule is CC1CO[C@](C)(CO[Si](C)(C)C(C)(C)C)[C@H]1O. The van der Waals surface area contributed by atoms with Crippen molar-refractivity contribution >= 4 is 8.32 Å². The Hall–Kier alpha value is 0.0969. The first kappa shape index (κ1) is 15.2. The van der Waals surface area contributed by atoms with Crippen LogP contribution < -0.4 is 0 Å². The maximum absolute atomic E-state index is 10.1. The van der Waals surface area contributed by atoms with E-state index in [2.05, 4.69) is 33.9 Å². The van der Waals surface area contributed by atoms with Crippen LogP contribution in [0.4, 0.5) is 0 Å². The van der Waals surface area contributed by atoms with E-state index in [1.165, 1.54) is 0 Å². The topological polar surface area (TPSA) is 38.7 Å². The van der Waals surface area contributed by atoms with Gasteiger partial charge in [-0.05, 0) is 25.1 Å². The standard InChI is InChI=1S/C13H28O3Si/c1-10-8-15-13(5,11(10)14)9-16-17(6,7)12(2,3)4/h10-11,14H,8-9H2,1-7H3/t10?,11-,13+/m0/s1. The molecule has 1 N–H and O–H groups in total. The zero-order valence-corrected chi connectivity index (χ0v) is 13.3. The first-order chi connectivity index (χ1) is 7.50. The van der Waals surface area contributed by atoms with Gasteiger partial charge in [-0.25, -0.2) is 0 Å². The fourth-order valence-electron chi connectivity index (χ4n) is 1.77. The molecule has 102 valence electrons. The summed E-state index contributed by atoms with van der Waals surface area (Å²) in [5.74, 6) is 0.197. The van der Waals surface area contributed by atoms with Gasteiger partial charge in [-0.2, -0.15) is 0 Å². The molecule has 3 atom stereocenters. The van der Waals surface area contributed by atoms with Gasteiger partial charge in [0.15, 0.2) is 8.32 Å². The van der Waals surface area contributed by atoms with Gasteiger partial charge in [0.05, 0.1) is 19.3 Å². The van der Waals surface area contributed by atoms with Crippen LogP contribution in [0.2, 0.25) is 18.1 Å². The number of aliphatic hydroxyl groups excluding tert-OH is 1. The van der Waals surface area contributed by atoms with Crippen LogP contribution in [0.15, 0.2) is 0 Å². The molecule has 4 heteroatoms. The Morgan fingerprint density at radius 3 is 2.29 bits per heavy atom. The van der Waals surface area contributed by atoms with Crippen LogP contribution in [0.5, 0.6) is 0 Å². The maximum Gasteiger partial charge on any atom is 0.192 e. The van der Waals surface area contributed by atoms with Gasteiger partial charge in [0.2, 0.25) is 0 Å². The predicted molar refractivity (Wildman–Crippen MR) is 72.7 cm³/mol. The highest BCUT2D eigenvalue weighted by atomic mass is 28.4. The molecule has 0 radical (unpaired) electrons. The van der Waals surface area contributed by atoms with Crippen molar-refractivity contribution in [2.24, 2.45) is 5.92 Å². The Labute approximate surface area is 107 Å². The Kier molecular flexibility index (Phi) is 4.14. The number of hydrogen-bond acceptors (Lipinski definition) is 3. The summed E-state index contributed by atoms with van der Waals surface area (Å²) < 4.78 is 11.9. The van der Waals surface area contributed by atoms with E-state index in [0.717, 1.165) is 0 Å². The average Bonchev–Trinajstić information content (AvgIpc) is 2.43. The molecule has 1 rings (SSSR count). The van der Waals surface area contributed by atoms with Crippen LogP contribution in [0, 0.1) is 5.92 Å². The van der Waals surface area contributed by atoms with E-state index in [-0.39, 0.29) is 11.0 Å². The van der Waals surface area contributed by atoms with Crippen molar-refractivity contribution in [3.05, 3.63) is 0 Å². The minimum Gasteiger partial charge on any atom is -0.414 e. The minimum atomic E-state index is -1.76. The summed E-state index contributed by atoms with van der Waals surface area (Å²) in [5.41, 5.74) is -0.533. The first-order valence-electron chi connectivity index (χ1n) is 6.45. The summed E-state index contributed by atoms with van der Waals surface area (Å²) in [6.07, 6.45) is -0.424. The molecule has 0 aromatic carbocycles. The van der Waals surface area contributed by atoms with E-state index in [9.17, 15) is 5.11 Å². The highest BCUT2D eigenvalue weighted by Gasteiger charge is 2.46. The van der Waals surface area contributed by atoms with Gasteiger partial charge in [0, 0.05) is 5.92 Å². The van der Waals surface area contributed by atoms with Gasteiger partial charge < -0.3 is 14.3 Å². The second-order valence-electron chi connectivity index (χ2n) is 7.09. The van der Waals surface area contributed by atoms with Gasteiger partial charge >= 0.3 is 0 Å². The Bertz CT molecular complexity index is 272. The third kappa shape index (κ3) is 3.11. The number of aliphatic hydroxyl groups is 1. The van der Waals surface area contributed by atoms with Crippen molar-refractivity contribution in [1.82, 2.24) is 0 Å². The molecule has 0 saturated carbocycles. The van der Waals surface area contributed by atoms with E-state index < -0.39 is 20.0 Å². The van der Waals surface area contributed by atoms with Crippen molar-refractivity contribution in [2.75, 3.05) is 13.2 Å². The second kappa shape index (κ2) is 4.65. The van der Waals surface area contributed by atoms with Gasteiger partial charge in [0.25, 0.3) is 0 Å². The van der Waals surface area contributed by atoms with E-state index >= 15 is 0 Å². The van der Waals surface area contributed by atoms with Gasteiger partial charge in [-0.3, -0.25) is 0 Å². The zero-order valence-electron chi connectivity index (χ0n) is 12.3. The van der Waals surface area contributed by atoms with Crippen LogP contribution in [-0.2, 0) is 9.16 Å². The molecular formula is C13H28O3Si. The normalized spacial score (nSPS) is 35.3. The van der Waals surface area contributed by atoms with Crippen LogP contribution in [0.1, 0.15) is 34.6 Å². The Morgan fingerprint density at radius 1 is 1.41 bits per heavy atom. The molecule has 0 bridgehead atoms. The van der Waals surface area contributed by atoms with Crippen molar-refractivity contribution in [1.29, 1.82) is 0 Å². The quantitative estimate of drug-likeness (QED) is 0.793. The van der Waals surface area contributed by atoms with Crippen molar-refractivity contribution in [3.63, 3.8) is 0 Å². The lowest BCUT2D eigenvalue weighted by atomic mass is 9.94. The van der Waals surface area contributed by atoms with Crippen LogP contribution in [-0.4, -0.2) is 38.3 Å². The lowest BCUT2D eigenvalue weighted by Gasteiger charge is -2.39. The Balaban J connectivity index is 2.63. The summed E-state index contributed by atoms with van der Waals surface area (Å²) in [4.78, 5) is 0. The van der Waals surface area contributed by atoms with Gasteiger partial charge in [0.1, 0.15) is 5.60 Å². The molecule has 0 aromatic rings. The van der Waals surface area contributed by atoms with E-state index in [1.54, 1.807) is 0 Å². The highest BCUT2D eigenvalue weighted by molar-refractivity contribution is 6.74. The van der Waals surface area contributed by atoms with Crippen molar-refractivity contribution in [2.45, 2.75) is 64.5 Å². The summed E-state index contributed by atoms with van der Waals surface area (Å²) in [6.45, 7) is 16.2. The minimum absolute atomic E-state index is 0.193. The maximum atomic E-state index is 10.1. The molecular weight excluding hydrogens is 232 g/mol. The number of ether oxygens (including phenoxy) is 1. The Morgan fingerprint density at radius 2 is 1.94 bits per heavy atom. The fraction of sp³-hybridized carbons (Fsp3) is 1.00. The highest BCUT2D eigenvalue weighted by Crippen LogP contribution is 2.38. The molecule has 1 fully saturated rings. The van der Waals surface area contributed by atoms with E-state index in [4.69, 9.17) is 9.16 Å². The molecule has 3 nitrogen and oxygen atoms in total. The van der Waals surface area contributed by atoms with E-state index in [1.807, 2.05) is 13.8 Å². The van der Waals surface area contributed by atoms with Crippen LogP contribution in [0.3, 0.4) is 0 Å². The molecule has 0 amide bonds. The molecule has 1 heterocycles. The lowest BCUT2D eigenvalue weighted by molar-refractivity contribution is -0.0748. The van der Waals surface area contributed by atoms with Gasteiger partial charge in [-0.15, -0.1) is 0 Å². The molecule has 0 spiro atoms. The molecule has 1 aliphatic rings. The van der Waals surface area contributed by atoms with E-state index in [0.29, 0.717) is 13.2 Å². The van der Waals surface area contributed by atoms with Gasteiger partial charge in [-0.1, -0.05) is 27.7 Å². The summed E-state index contributed by atoms with van der Waals surface area (Å²) in [6, 6.07) is 0. The second-order valence-corrected chi connectivity index (χ2v) is 11.9. The van der Waals surface area contributed by atoms with Crippen LogP contribution in [0.25, 0.3) is 0 Å². The third-order valence-electron chi connectivity index (χ3n) is 4.37. The first-order valence-corrected chi connectivity index (χ1v) is 9.36. The molecule has 1 saturated heterocycles. The molecule has 0 aliphatic carbocycles. The molecule has 1 unspecified atom stereocenters. The summed E-state index contributed by atoms with van der Waals surface area (Å²) in [5, 5.41) is 10.3. The molecule has 17 heavy (non-hydrogen) atoms. The molecule has 1 aliphatic heterocycles. The smallest absolute Gasteiger partial charge is 0.192 e. The van der Waals surface area contributed by atoms with Crippen molar-refractivity contribution < 1.29 is 14.3 Å². The summed E-state index contributed by atoms with van der Waals surface area (Å²) >= 11 is 0. The predicted octanol–water partition coefficient (Wildman–Crippen LogP) is 2.79. The fourth-order valence-corrected chi connectivity index (χ4v) is 2.85. The number of hydrogen-bond donors (Lipinski definition) is 1. The third-order valence-corrected chi connectivity index (χ3v) is 8.84. The monoisotopic (exact) mass is 260 g/mol. The largest absolute Gasteiger partial charge is 0.414 e. The summed E-state index contributed by atoms with van der Waals surface area (Å²) in [7, 11) is -1.76. The van der Waals surface area contributed by atoms with Crippen LogP contribution >= 0.6 is 0 Å².